The highest BCUT2D eigenvalue weighted by Crippen LogP contribution is 2.25. The molecule has 4 rings (SSSR count). The molecule has 3 aromatic carbocycles. The summed E-state index contributed by atoms with van der Waals surface area (Å²) in [7, 11) is 0. The number of carboxylic acid groups (broad SMARTS) is 1. The fraction of sp³-hybridized carbons (Fsp3) is 0. The van der Waals surface area contributed by atoms with Crippen molar-refractivity contribution in [2.75, 3.05) is 5.32 Å². The van der Waals surface area contributed by atoms with E-state index in [2.05, 4.69) is 15.5 Å². The lowest BCUT2D eigenvalue weighted by Crippen LogP contribution is -2.14. The minimum absolute atomic E-state index is 0.0376. The van der Waals surface area contributed by atoms with Crippen molar-refractivity contribution in [2.45, 2.75) is 0 Å². The number of nitrogens with zero attached hydrogens (tertiary/aromatic N) is 2. The molecule has 0 atom stereocenters. The third-order valence-corrected chi connectivity index (χ3v) is 4.37. The summed E-state index contributed by atoms with van der Waals surface area (Å²) in [5.74, 6) is -1.45. The predicted octanol–water partition coefficient (Wildman–Crippen LogP) is 4.49. The smallest absolute Gasteiger partial charge is 0.336 e. The lowest BCUT2D eigenvalue weighted by Gasteiger charge is -2.08. The lowest BCUT2D eigenvalue weighted by atomic mass is 9.99. The predicted molar refractivity (Wildman–Crippen MR) is 104 cm³/mol. The van der Waals surface area contributed by atoms with E-state index in [1.165, 1.54) is 6.07 Å². The van der Waals surface area contributed by atoms with Crippen molar-refractivity contribution in [3.8, 4) is 11.5 Å². The number of anilines is 1. The molecule has 0 unspecified atom stereocenters. The Morgan fingerprint density at radius 1 is 0.929 bits per heavy atom. The van der Waals surface area contributed by atoms with Gasteiger partial charge in [-0.25, -0.2) is 4.79 Å². The number of fused-ring (bicyclic) bond motifs is 1. The first-order chi connectivity index (χ1) is 13.5. The molecule has 1 aromatic heterocycles. The minimum atomic E-state index is -1.12. The zero-order chi connectivity index (χ0) is 19.7. The first-order valence-electron chi connectivity index (χ1n) is 8.19. The Labute approximate surface area is 163 Å². The zero-order valence-corrected chi connectivity index (χ0v) is 15.0. The normalized spacial score (nSPS) is 10.8. The second-order valence-corrected chi connectivity index (χ2v) is 6.32. The maximum absolute atomic E-state index is 12.7. The topological polar surface area (TPSA) is 105 Å². The number of rotatable bonds is 4. The van der Waals surface area contributed by atoms with Gasteiger partial charge in [-0.1, -0.05) is 41.0 Å². The summed E-state index contributed by atoms with van der Waals surface area (Å²) in [6.45, 7) is 0. The van der Waals surface area contributed by atoms with Crippen LogP contribution in [0.15, 0.2) is 65.1 Å². The Balaban J connectivity index is 1.66. The number of benzene rings is 3. The second kappa shape index (κ2) is 7.13. The summed E-state index contributed by atoms with van der Waals surface area (Å²) in [5.41, 5.74) is 0.882. The van der Waals surface area contributed by atoms with Gasteiger partial charge in [0, 0.05) is 21.5 Å². The number of halogens is 1. The first kappa shape index (κ1) is 17.7. The van der Waals surface area contributed by atoms with Crippen molar-refractivity contribution in [1.29, 1.82) is 0 Å². The van der Waals surface area contributed by atoms with Crippen LogP contribution in [0.2, 0.25) is 5.02 Å². The van der Waals surface area contributed by atoms with E-state index in [1.807, 2.05) is 0 Å². The number of carbonyl (C=O) groups excluding carboxylic acids is 1. The fourth-order valence-electron chi connectivity index (χ4n) is 2.86. The van der Waals surface area contributed by atoms with Crippen LogP contribution in [0.25, 0.3) is 22.2 Å². The van der Waals surface area contributed by atoms with Gasteiger partial charge >= 0.3 is 12.0 Å². The summed E-state index contributed by atoms with van der Waals surface area (Å²) in [6.07, 6.45) is 0. The van der Waals surface area contributed by atoms with Gasteiger partial charge in [0.05, 0.1) is 5.56 Å². The van der Waals surface area contributed by atoms with Gasteiger partial charge in [-0.15, -0.1) is 5.10 Å². The average Bonchev–Trinajstić information content (AvgIpc) is 3.15. The summed E-state index contributed by atoms with van der Waals surface area (Å²) in [4.78, 5) is 24.3. The van der Waals surface area contributed by atoms with Crippen LogP contribution >= 0.6 is 11.6 Å². The molecule has 0 aliphatic heterocycles. The molecular formula is C20H12ClN3O4. The Hall–Kier alpha value is -3.71. The Morgan fingerprint density at radius 3 is 2.29 bits per heavy atom. The molecule has 0 bridgehead atoms. The summed E-state index contributed by atoms with van der Waals surface area (Å²) < 4.78 is 5.48. The molecule has 4 aromatic rings. The Morgan fingerprint density at radius 2 is 1.61 bits per heavy atom. The van der Waals surface area contributed by atoms with Gasteiger partial charge in [-0.05, 0) is 41.8 Å². The molecule has 0 aliphatic carbocycles. The molecule has 28 heavy (non-hydrogen) atoms. The maximum atomic E-state index is 12.7. The molecule has 8 heteroatoms. The maximum Gasteiger partial charge on any atom is 0.336 e. The first-order valence-corrected chi connectivity index (χ1v) is 8.56. The van der Waals surface area contributed by atoms with Gasteiger partial charge in [0.1, 0.15) is 0 Å². The highest BCUT2D eigenvalue weighted by atomic mass is 35.5. The molecule has 0 aliphatic rings. The van der Waals surface area contributed by atoms with Gasteiger partial charge in [-0.3, -0.25) is 10.1 Å². The molecular weight excluding hydrogens is 382 g/mol. The molecule has 1 amide bonds. The van der Waals surface area contributed by atoms with E-state index >= 15 is 0 Å². The highest BCUT2D eigenvalue weighted by molar-refractivity contribution is 6.30. The Kier molecular flexibility index (Phi) is 4.50. The van der Waals surface area contributed by atoms with Crippen LogP contribution in [-0.4, -0.2) is 27.2 Å². The molecule has 7 nitrogen and oxygen atoms in total. The SMILES string of the molecule is O=C(O)c1cccc2cccc(C(=O)Nc3nnc(-c4ccc(Cl)cc4)o3)c12. The van der Waals surface area contributed by atoms with Crippen molar-refractivity contribution < 1.29 is 19.1 Å². The van der Waals surface area contributed by atoms with E-state index < -0.39 is 11.9 Å². The van der Waals surface area contributed by atoms with Crippen LogP contribution in [0.4, 0.5) is 6.01 Å². The molecule has 0 saturated heterocycles. The molecule has 0 radical (unpaired) electrons. The van der Waals surface area contributed by atoms with Crippen LogP contribution in [0.3, 0.4) is 0 Å². The number of carboxylic acids is 1. The van der Waals surface area contributed by atoms with E-state index in [0.29, 0.717) is 21.4 Å². The monoisotopic (exact) mass is 393 g/mol. The van der Waals surface area contributed by atoms with E-state index in [0.717, 1.165) is 0 Å². The number of hydrogen-bond donors (Lipinski definition) is 2. The van der Waals surface area contributed by atoms with Crippen molar-refractivity contribution >= 4 is 40.3 Å². The van der Waals surface area contributed by atoms with Crippen LogP contribution in [0.5, 0.6) is 0 Å². The largest absolute Gasteiger partial charge is 0.478 e. The van der Waals surface area contributed by atoms with Crippen LogP contribution in [0, 0.1) is 0 Å². The van der Waals surface area contributed by atoms with Crippen LogP contribution in [-0.2, 0) is 0 Å². The third-order valence-electron chi connectivity index (χ3n) is 4.12. The van der Waals surface area contributed by atoms with E-state index in [1.54, 1.807) is 54.6 Å². The van der Waals surface area contributed by atoms with Crippen LogP contribution < -0.4 is 5.32 Å². The standard InChI is InChI=1S/C20H12ClN3O4/c21-13-9-7-12(8-10-13)18-23-24-20(28-18)22-17(25)14-5-1-3-11-4-2-6-15(16(11)14)19(26)27/h1-10H,(H,26,27)(H,22,24,25). The Bertz CT molecular complexity index is 1200. The number of aromatic nitrogens is 2. The van der Waals surface area contributed by atoms with Gasteiger partial charge in [-0.2, -0.15) is 0 Å². The molecule has 0 spiro atoms. The summed E-state index contributed by atoms with van der Waals surface area (Å²) in [6, 6.07) is 16.5. The summed E-state index contributed by atoms with van der Waals surface area (Å²) >= 11 is 5.86. The third kappa shape index (κ3) is 3.30. The van der Waals surface area contributed by atoms with E-state index in [4.69, 9.17) is 16.0 Å². The quantitative estimate of drug-likeness (QED) is 0.529. The van der Waals surface area contributed by atoms with Crippen molar-refractivity contribution in [3.05, 3.63) is 76.8 Å². The second-order valence-electron chi connectivity index (χ2n) is 5.89. The van der Waals surface area contributed by atoms with Gasteiger partial charge in [0.15, 0.2) is 0 Å². The molecule has 138 valence electrons. The highest BCUT2D eigenvalue weighted by Gasteiger charge is 2.18. The molecule has 2 N–H and O–H groups in total. The number of amides is 1. The van der Waals surface area contributed by atoms with Crippen molar-refractivity contribution in [1.82, 2.24) is 10.2 Å². The van der Waals surface area contributed by atoms with Crippen molar-refractivity contribution in [3.63, 3.8) is 0 Å². The van der Waals surface area contributed by atoms with Crippen molar-refractivity contribution in [2.24, 2.45) is 0 Å². The van der Waals surface area contributed by atoms with Gasteiger partial charge in [0.2, 0.25) is 5.89 Å². The molecule has 0 saturated carbocycles. The van der Waals surface area contributed by atoms with Gasteiger partial charge < -0.3 is 9.52 Å². The van der Waals surface area contributed by atoms with Gasteiger partial charge in [0.25, 0.3) is 5.91 Å². The minimum Gasteiger partial charge on any atom is -0.478 e. The van der Waals surface area contributed by atoms with E-state index in [9.17, 15) is 14.7 Å². The fourth-order valence-corrected chi connectivity index (χ4v) is 2.98. The summed E-state index contributed by atoms with van der Waals surface area (Å²) in [5, 5.41) is 21.2. The lowest BCUT2D eigenvalue weighted by molar-refractivity contribution is 0.0699. The molecule has 0 fully saturated rings. The van der Waals surface area contributed by atoms with Crippen LogP contribution in [0.1, 0.15) is 20.7 Å². The number of nitrogens with one attached hydrogen (secondary N) is 1. The number of aromatic carboxylic acids is 1. The number of carbonyl (C=O) groups is 2. The van der Waals surface area contributed by atoms with E-state index in [-0.39, 0.29) is 23.0 Å². The zero-order valence-electron chi connectivity index (χ0n) is 14.2. The molecule has 1 heterocycles. The number of hydrogen-bond acceptors (Lipinski definition) is 5. The average molecular weight is 394 g/mol.